The zero-order chi connectivity index (χ0) is 26.0. The number of carboxylic acids is 1. The van der Waals surface area contributed by atoms with Gasteiger partial charge in [-0.15, -0.1) is 0 Å². The molecule has 4 aliphatic carbocycles. The van der Waals surface area contributed by atoms with E-state index in [1.807, 2.05) is 13.8 Å². The fourth-order valence-electron chi connectivity index (χ4n) is 8.40. The van der Waals surface area contributed by atoms with Gasteiger partial charge >= 0.3 is 5.97 Å². The monoisotopic (exact) mass is 486 g/mol. The molecule has 0 heterocycles. The molecule has 0 aliphatic heterocycles. The number of allylic oxidation sites excluding steroid dienone is 1. The van der Waals surface area contributed by atoms with E-state index >= 15 is 0 Å². The van der Waals surface area contributed by atoms with Crippen LogP contribution in [0.25, 0.3) is 0 Å². The summed E-state index contributed by atoms with van der Waals surface area (Å²) in [5.41, 5.74) is 0.709. The first-order valence-electron chi connectivity index (χ1n) is 13.3. The maximum absolute atomic E-state index is 13.9. The van der Waals surface area contributed by atoms with Crippen molar-refractivity contribution in [2.45, 2.75) is 91.8 Å². The number of ketones is 2. The van der Waals surface area contributed by atoms with Crippen molar-refractivity contribution in [3.8, 4) is 0 Å². The van der Waals surface area contributed by atoms with Gasteiger partial charge in [0.2, 0.25) is 0 Å². The number of carbonyl (C=O) groups is 3. The van der Waals surface area contributed by atoms with Gasteiger partial charge in [-0.3, -0.25) is 14.4 Å². The van der Waals surface area contributed by atoms with Gasteiger partial charge in [0, 0.05) is 28.4 Å². The second kappa shape index (κ2) is 8.95. The van der Waals surface area contributed by atoms with Crippen molar-refractivity contribution in [3.63, 3.8) is 0 Å². The van der Waals surface area contributed by atoms with Crippen LogP contribution in [0.1, 0.15) is 79.6 Å². The molecule has 6 heteroatoms. The van der Waals surface area contributed by atoms with Crippen LogP contribution in [0.2, 0.25) is 0 Å². The number of fused-ring (bicyclic) bond motifs is 4. The Balaban J connectivity index is 1.66. The summed E-state index contributed by atoms with van der Waals surface area (Å²) in [4.78, 5) is 38.8. The van der Waals surface area contributed by atoms with Crippen molar-refractivity contribution in [3.05, 3.63) is 23.3 Å². The van der Waals surface area contributed by atoms with E-state index in [0.717, 1.165) is 19.3 Å². The molecule has 2 saturated carbocycles. The number of aliphatic carboxylic acids is 1. The van der Waals surface area contributed by atoms with Crippen LogP contribution < -0.4 is 0 Å². The molecule has 4 aliphatic rings. The van der Waals surface area contributed by atoms with Crippen molar-refractivity contribution in [2.24, 2.45) is 46.3 Å². The van der Waals surface area contributed by atoms with Crippen molar-refractivity contribution >= 4 is 17.5 Å². The second-order valence-corrected chi connectivity index (χ2v) is 12.5. The third kappa shape index (κ3) is 3.78. The van der Waals surface area contributed by atoms with Crippen LogP contribution in [0, 0.1) is 46.3 Å². The summed E-state index contributed by atoms with van der Waals surface area (Å²) in [5, 5.41) is 31.3. The van der Waals surface area contributed by atoms with Crippen molar-refractivity contribution in [1.82, 2.24) is 0 Å². The lowest BCUT2D eigenvalue weighted by molar-refractivity contribution is -0.145. The van der Waals surface area contributed by atoms with Gasteiger partial charge in [-0.2, -0.15) is 0 Å². The van der Waals surface area contributed by atoms with Crippen molar-refractivity contribution in [2.75, 3.05) is 0 Å². The van der Waals surface area contributed by atoms with E-state index in [1.165, 1.54) is 0 Å². The number of hydrogen-bond donors (Lipinski definition) is 3. The summed E-state index contributed by atoms with van der Waals surface area (Å²) in [7, 11) is 0. The van der Waals surface area contributed by atoms with E-state index in [-0.39, 0.29) is 41.2 Å². The fraction of sp³-hybridized carbons (Fsp3) is 0.759. The summed E-state index contributed by atoms with van der Waals surface area (Å²) in [6.45, 7) is 13.8. The topological polar surface area (TPSA) is 112 Å². The highest BCUT2D eigenvalue weighted by Crippen LogP contribution is 2.65. The number of aliphatic hydroxyl groups is 2. The maximum Gasteiger partial charge on any atom is 0.310 e. The molecule has 0 spiro atoms. The van der Waals surface area contributed by atoms with Gasteiger partial charge in [0.1, 0.15) is 6.10 Å². The van der Waals surface area contributed by atoms with Crippen LogP contribution in [0.5, 0.6) is 0 Å². The molecule has 194 valence electrons. The van der Waals surface area contributed by atoms with Gasteiger partial charge < -0.3 is 15.3 Å². The highest BCUT2D eigenvalue weighted by atomic mass is 16.4. The van der Waals surface area contributed by atoms with Crippen LogP contribution in [-0.2, 0) is 14.4 Å². The first kappa shape index (κ1) is 26.3. The van der Waals surface area contributed by atoms with E-state index in [9.17, 15) is 29.7 Å². The first-order valence-corrected chi connectivity index (χ1v) is 13.3. The second-order valence-electron chi connectivity index (χ2n) is 12.5. The molecule has 0 saturated heterocycles. The van der Waals surface area contributed by atoms with Gasteiger partial charge in [0.05, 0.1) is 12.0 Å². The molecule has 0 bridgehead atoms. The van der Waals surface area contributed by atoms with Crippen LogP contribution in [0.4, 0.5) is 0 Å². The van der Waals surface area contributed by atoms with Gasteiger partial charge in [-0.1, -0.05) is 39.8 Å². The normalized spacial score (nSPS) is 42.7. The molecule has 0 aromatic carbocycles. The molecular weight excluding hydrogens is 444 g/mol. The van der Waals surface area contributed by atoms with Gasteiger partial charge in [0.25, 0.3) is 0 Å². The van der Waals surface area contributed by atoms with Gasteiger partial charge in [-0.05, 0) is 75.0 Å². The minimum Gasteiger partial charge on any atom is -0.481 e. The fourth-order valence-corrected chi connectivity index (χ4v) is 8.40. The third-order valence-corrected chi connectivity index (χ3v) is 10.9. The van der Waals surface area contributed by atoms with Crippen LogP contribution in [0.15, 0.2) is 23.3 Å². The average Bonchev–Trinajstić information content (AvgIpc) is 3.16. The Morgan fingerprint density at radius 1 is 1.14 bits per heavy atom. The van der Waals surface area contributed by atoms with Crippen molar-refractivity contribution in [1.29, 1.82) is 0 Å². The van der Waals surface area contributed by atoms with Crippen LogP contribution >= 0.6 is 0 Å². The molecule has 35 heavy (non-hydrogen) atoms. The molecule has 6 nitrogen and oxygen atoms in total. The lowest BCUT2D eigenvalue weighted by Crippen LogP contribution is -2.58. The van der Waals surface area contributed by atoms with E-state index in [0.29, 0.717) is 42.4 Å². The SMILES string of the molecule is C=C(CC[C@@H](C)[C@H]1CC[C@H]2C3=C(C(=O)[C@H](O)[C@]12C)[C@@]1(C)CC[C@@H](O)C(C)[C@@H]1CC3=O)[C@H](C)C(=O)O. The number of aliphatic hydroxyl groups excluding tert-OH is 2. The van der Waals surface area contributed by atoms with E-state index in [1.54, 1.807) is 6.92 Å². The summed E-state index contributed by atoms with van der Waals surface area (Å²) >= 11 is 0. The zero-order valence-corrected chi connectivity index (χ0v) is 21.8. The molecule has 4 rings (SSSR count). The third-order valence-electron chi connectivity index (χ3n) is 10.9. The van der Waals surface area contributed by atoms with E-state index < -0.39 is 34.9 Å². The number of carboxylic acid groups (broad SMARTS) is 1. The number of hydrogen-bond acceptors (Lipinski definition) is 5. The minimum atomic E-state index is -1.16. The number of rotatable bonds is 6. The lowest BCUT2D eigenvalue weighted by Gasteiger charge is -2.56. The Hall–Kier alpha value is -1.79. The molecule has 0 aromatic rings. The molecule has 0 amide bonds. The molecule has 10 atom stereocenters. The molecule has 3 N–H and O–H groups in total. The minimum absolute atomic E-state index is 0.0249. The molecule has 0 radical (unpaired) electrons. The Morgan fingerprint density at radius 2 is 1.80 bits per heavy atom. The Kier molecular flexibility index (Phi) is 6.72. The predicted octanol–water partition coefficient (Wildman–Crippen LogP) is 4.34. The molecular formula is C29H42O6. The smallest absolute Gasteiger partial charge is 0.310 e. The number of carbonyl (C=O) groups excluding carboxylic acids is 2. The van der Waals surface area contributed by atoms with E-state index in [4.69, 9.17) is 0 Å². The van der Waals surface area contributed by atoms with E-state index in [2.05, 4.69) is 20.4 Å². The highest BCUT2D eigenvalue weighted by Gasteiger charge is 2.65. The zero-order valence-electron chi connectivity index (χ0n) is 21.8. The Bertz CT molecular complexity index is 980. The Labute approximate surface area is 208 Å². The largest absolute Gasteiger partial charge is 0.481 e. The average molecular weight is 487 g/mol. The summed E-state index contributed by atoms with van der Waals surface area (Å²) < 4.78 is 0. The van der Waals surface area contributed by atoms with Gasteiger partial charge in [-0.25, -0.2) is 0 Å². The summed E-state index contributed by atoms with van der Waals surface area (Å²) in [6.07, 6.45) is 2.90. The summed E-state index contributed by atoms with van der Waals surface area (Å²) in [6, 6.07) is 0. The molecule has 1 unspecified atom stereocenters. The molecule has 2 fully saturated rings. The van der Waals surface area contributed by atoms with Crippen LogP contribution in [0.3, 0.4) is 0 Å². The van der Waals surface area contributed by atoms with Crippen molar-refractivity contribution < 1.29 is 29.7 Å². The lowest BCUT2D eigenvalue weighted by atomic mass is 9.47. The van der Waals surface area contributed by atoms with Gasteiger partial charge in [0.15, 0.2) is 11.6 Å². The number of Topliss-reactive ketones (excluding diaryl/α,β-unsaturated/α-hetero) is 2. The predicted molar refractivity (Wildman–Crippen MR) is 132 cm³/mol. The quantitative estimate of drug-likeness (QED) is 0.482. The molecule has 0 aromatic heterocycles. The highest BCUT2D eigenvalue weighted by molar-refractivity contribution is 6.12. The first-order chi connectivity index (χ1) is 16.3. The standard InChI is InChI=1S/C29H42O6/c1-14(16(3)27(34)35)7-8-15(2)18-9-10-19-23-22(31)13-20-17(4)21(30)11-12-28(20,5)24(23)25(32)26(33)29(18,19)6/h15-21,26,30,33H,1,7-13H2,2-6H3,(H,34,35)/t15-,16+,17?,18-,19+,20+,21-,26+,28+,29-/m1/s1. The Morgan fingerprint density at radius 3 is 2.43 bits per heavy atom. The summed E-state index contributed by atoms with van der Waals surface area (Å²) in [5.74, 6) is -1.84. The maximum atomic E-state index is 13.9. The van der Waals surface area contributed by atoms with Crippen LogP contribution in [-0.4, -0.2) is 45.1 Å².